The van der Waals surface area contributed by atoms with E-state index < -0.39 is 0 Å². The van der Waals surface area contributed by atoms with E-state index in [1.165, 1.54) is 0 Å². The second-order valence-electron chi connectivity index (χ2n) is 9.72. The summed E-state index contributed by atoms with van der Waals surface area (Å²) in [7, 11) is 0. The van der Waals surface area contributed by atoms with E-state index in [1.54, 1.807) is 12.3 Å². The van der Waals surface area contributed by atoms with Crippen LogP contribution in [0.3, 0.4) is 0 Å². The first-order chi connectivity index (χ1) is 18.7. The van der Waals surface area contributed by atoms with Gasteiger partial charge in [-0.2, -0.15) is 0 Å². The van der Waals surface area contributed by atoms with Crippen LogP contribution in [0.15, 0.2) is 72.9 Å². The highest BCUT2D eigenvalue weighted by molar-refractivity contribution is 7.80. The fraction of sp³-hybridized carbons (Fsp3) is 0.233. The topological polar surface area (TPSA) is 62.2 Å². The number of aromatic nitrogens is 2. The minimum atomic E-state index is -0.192. The fourth-order valence-corrected chi connectivity index (χ4v) is 5.90. The zero-order chi connectivity index (χ0) is 27.7. The van der Waals surface area contributed by atoms with E-state index in [0.717, 1.165) is 39.6 Å². The molecule has 2 N–H and O–H groups in total. The number of nitrogens with one attached hydrogen (secondary N) is 2. The smallest absolute Gasteiger partial charge is 0.226 e. The summed E-state index contributed by atoms with van der Waals surface area (Å²) < 4.78 is 2.11. The van der Waals surface area contributed by atoms with Crippen molar-refractivity contribution in [3.8, 4) is 5.69 Å². The van der Waals surface area contributed by atoms with Crippen molar-refractivity contribution in [1.29, 1.82) is 0 Å². The Morgan fingerprint density at radius 3 is 2.54 bits per heavy atom. The molecule has 5 rings (SSSR count). The van der Waals surface area contributed by atoms with Gasteiger partial charge in [-0.3, -0.25) is 9.78 Å². The third-order valence-electron chi connectivity index (χ3n) is 7.07. The molecule has 1 fully saturated rings. The highest BCUT2D eigenvalue weighted by Crippen LogP contribution is 2.42. The Labute approximate surface area is 244 Å². The molecule has 3 heterocycles. The van der Waals surface area contributed by atoms with Crippen LogP contribution in [0.2, 0.25) is 10.0 Å². The molecule has 9 heteroatoms. The molecule has 1 saturated heterocycles. The minimum Gasteiger partial charge on any atom is -0.352 e. The molecule has 2 atom stereocenters. The van der Waals surface area contributed by atoms with Gasteiger partial charge in [-0.05, 0) is 81.0 Å². The first-order valence-corrected chi connectivity index (χ1v) is 13.9. The Morgan fingerprint density at radius 2 is 1.82 bits per heavy atom. The molecular formula is C30H29Cl2N5OS. The van der Waals surface area contributed by atoms with E-state index in [4.69, 9.17) is 35.4 Å². The van der Waals surface area contributed by atoms with Gasteiger partial charge in [0.1, 0.15) is 0 Å². The van der Waals surface area contributed by atoms with Gasteiger partial charge < -0.3 is 20.1 Å². The summed E-state index contributed by atoms with van der Waals surface area (Å²) in [5.41, 5.74) is 6.72. The van der Waals surface area contributed by atoms with E-state index in [2.05, 4.69) is 38.1 Å². The Bertz CT molecular complexity index is 1520. The van der Waals surface area contributed by atoms with Crippen molar-refractivity contribution >= 4 is 52.1 Å². The summed E-state index contributed by atoms with van der Waals surface area (Å²) in [5, 5.41) is 8.05. The average Bonchev–Trinajstić information content (AvgIpc) is 3.40. The predicted molar refractivity (Wildman–Crippen MR) is 162 cm³/mol. The molecule has 0 bridgehead atoms. The van der Waals surface area contributed by atoms with Gasteiger partial charge in [0.2, 0.25) is 5.91 Å². The molecule has 1 aliphatic heterocycles. The molecule has 4 aromatic rings. The molecule has 39 heavy (non-hydrogen) atoms. The van der Waals surface area contributed by atoms with Gasteiger partial charge in [0.25, 0.3) is 0 Å². The first-order valence-electron chi connectivity index (χ1n) is 12.7. The monoisotopic (exact) mass is 577 g/mol. The van der Waals surface area contributed by atoms with Crippen molar-refractivity contribution in [2.24, 2.45) is 0 Å². The number of rotatable bonds is 7. The number of halogens is 2. The fourth-order valence-electron chi connectivity index (χ4n) is 5.19. The number of hydrogen-bond donors (Lipinski definition) is 2. The summed E-state index contributed by atoms with van der Waals surface area (Å²) in [4.78, 5) is 19.6. The van der Waals surface area contributed by atoms with Crippen molar-refractivity contribution in [3.05, 3.63) is 111 Å². The maximum Gasteiger partial charge on any atom is 0.226 e. The standard InChI is InChI=1S/C30H29Cl2N5OS/c1-18-10-12-21(13-11-18)34-26(38)14-16-36-29(28(35-30(36)39)24-8-4-5-15-33-24)22-17-19(2)37(20(22)3)25-9-6-7-23(31)27(25)32/h4-13,15,17,28-29H,14,16H2,1-3H3,(H,34,38)(H,35,39)/t28-,29-/m0/s1. The zero-order valence-electron chi connectivity index (χ0n) is 21.9. The Kier molecular flexibility index (Phi) is 7.93. The van der Waals surface area contributed by atoms with Crippen LogP contribution in [-0.4, -0.2) is 32.0 Å². The molecule has 0 radical (unpaired) electrons. The molecule has 200 valence electrons. The minimum absolute atomic E-state index is 0.0714. The van der Waals surface area contributed by atoms with Crippen LogP contribution in [-0.2, 0) is 4.79 Å². The molecule has 2 aromatic heterocycles. The molecular weight excluding hydrogens is 549 g/mol. The number of aryl methyl sites for hydroxylation is 2. The molecule has 1 amide bonds. The average molecular weight is 579 g/mol. The molecule has 0 unspecified atom stereocenters. The van der Waals surface area contributed by atoms with E-state index in [9.17, 15) is 4.79 Å². The Balaban J connectivity index is 1.48. The van der Waals surface area contributed by atoms with E-state index >= 15 is 0 Å². The lowest BCUT2D eigenvalue weighted by Gasteiger charge is -2.28. The molecule has 1 aliphatic rings. The number of benzene rings is 2. The van der Waals surface area contributed by atoms with Gasteiger partial charge >= 0.3 is 0 Å². The van der Waals surface area contributed by atoms with Crippen molar-refractivity contribution in [3.63, 3.8) is 0 Å². The van der Waals surface area contributed by atoms with Crippen LogP contribution in [0.25, 0.3) is 5.69 Å². The second-order valence-corrected chi connectivity index (χ2v) is 10.9. The van der Waals surface area contributed by atoms with Gasteiger partial charge in [0.05, 0.1) is 33.5 Å². The van der Waals surface area contributed by atoms with E-state index in [1.807, 2.05) is 68.4 Å². The zero-order valence-corrected chi connectivity index (χ0v) is 24.2. The Morgan fingerprint density at radius 1 is 1.05 bits per heavy atom. The number of pyridine rings is 1. The van der Waals surface area contributed by atoms with Crippen molar-refractivity contribution < 1.29 is 4.79 Å². The maximum absolute atomic E-state index is 12.9. The number of hydrogen-bond acceptors (Lipinski definition) is 3. The molecule has 0 spiro atoms. The molecule has 0 saturated carbocycles. The highest BCUT2D eigenvalue weighted by atomic mass is 35.5. The third kappa shape index (κ3) is 5.53. The highest BCUT2D eigenvalue weighted by Gasteiger charge is 2.41. The van der Waals surface area contributed by atoms with Crippen LogP contribution in [0.5, 0.6) is 0 Å². The molecule has 2 aromatic carbocycles. The summed E-state index contributed by atoms with van der Waals surface area (Å²) in [6.45, 7) is 6.57. The van der Waals surface area contributed by atoms with Crippen LogP contribution in [0.1, 0.15) is 46.7 Å². The Hall–Kier alpha value is -3.39. The summed E-state index contributed by atoms with van der Waals surface area (Å²) >= 11 is 18.8. The molecule has 0 aliphatic carbocycles. The number of anilines is 1. The van der Waals surface area contributed by atoms with Gasteiger partial charge in [0, 0.05) is 36.2 Å². The van der Waals surface area contributed by atoms with Gasteiger partial charge in [-0.15, -0.1) is 0 Å². The number of carbonyl (C=O) groups is 1. The second kappa shape index (κ2) is 11.4. The normalized spacial score (nSPS) is 16.8. The van der Waals surface area contributed by atoms with E-state index in [-0.39, 0.29) is 24.4 Å². The lowest BCUT2D eigenvalue weighted by molar-refractivity contribution is -0.116. The largest absolute Gasteiger partial charge is 0.352 e. The van der Waals surface area contributed by atoms with Gasteiger partial charge in [-0.25, -0.2) is 0 Å². The van der Waals surface area contributed by atoms with Crippen LogP contribution in [0, 0.1) is 20.8 Å². The maximum atomic E-state index is 12.9. The summed E-state index contributed by atoms with van der Waals surface area (Å²) in [6, 6.07) is 21.0. The number of amides is 1. The first kappa shape index (κ1) is 27.2. The SMILES string of the molecule is Cc1ccc(NC(=O)CCN2C(=S)N[C@@H](c3ccccn3)[C@@H]2c2cc(C)n(-c3cccc(Cl)c3Cl)c2C)cc1. The lowest BCUT2D eigenvalue weighted by atomic mass is 9.96. The third-order valence-corrected chi connectivity index (χ3v) is 8.24. The van der Waals surface area contributed by atoms with Crippen molar-refractivity contribution in [2.75, 3.05) is 11.9 Å². The van der Waals surface area contributed by atoms with Gasteiger partial charge in [0.15, 0.2) is 5.11 Å². The lowest BCUT2D eigenvalue weighted by Crippen LogP contribution is -2.32. The summed E-state index contributed by atoms with van der Waals surface area (Å²) in [5.74, 6) is -0.0714. The molecule has 6 nitrogen and oxygen atoms in total. The van der Waals surface area contributed by atoms with Gasteiger partial charge in [-0.1, -0.05) is 53.0 Å². The van der Waals surface area contributed by atoms with Crippen molar-refractivity contribution in [2.45, 2.75) is 39.3 Å². The predicted octanol–water partition coefficient (Wildman–Crippen LogP) is 7.11. The van der Waals surface area contributed by atoms with Crippen LogP contribution < -0.4 is 10.6 Å². The quantitative estimate of drug-likeness (QED) is 0.229. The number of carbonyl (C=O) groups excluding carboxylic acids is 1. The number of thiocarbonyl (C=S) groups is 1. The van der Waals surface area contributed by atoms with E-state index in [0.29, 0.717) is 21.7 Å². The van der Waals surface area contributed by atoms with Crippen LogP contribution >= 0.6 is 35.4 Å². The summed E-state index contributed by atoms with van der Waals surface area (Å²) in [6.07, 6.45) is 2.06. The van der Waals surface area contributed by atoms with Crippen molar-refractivity contribution in [1.82, 2.24) is 19.8 Å². The van der Waals surface area contributed by atoms with Crippen LogP contribution in [0.4, 0.5) is 5.69 Å². The number of nitrogens with zero attached hydrogens (tertiary/aromatic N) is 3.